The van der Waals surface area contributed by atoms with Crippen LogP contribution in [0.4, 0.5) is 5.82 Å². The molecule has 1 atom stereocenters. The van der Waals surface area contributed by atoms with Gasteiger partial charge in [-0.25, -0.2) is 4.98 Å². The molecule has 152 valence electrons. The highest BCUT2D eigenvalue weighted by Gasteiger charge is 2.18. The highest BCUT2D eigenvalue weighted by Crippen LogP contribution is 2.30. The molecule has 2 rings (SSSR count). The van der Waals surface area contributed by atoms with Gasteiger partial charge >= 0.3 is 0 Å². The molecule has 0 aliphatic heterocycles. The average molecular weight is 386 g/mol. The first-order chi connectivity index (χ1) is 13.3. The first-order valence-electron chi connectivity index (χ1n) is 9.38. The predicted octanol–water partition coefficient (Wildman–Crippen LogP) is 1.92. The summed E-state index contributed by atoms with van der Waals surface area (Å²) in [5, 5.41) is 16.4. The van der Waals surface area contributed by atoms with Gasteiger partial charge in [-0.15, -0.1) is 0 Å². The van der Waals surface area contributed by atoms with Crippen LogP contribution in [-0.4, -0.2) is 48.3 Å². The van der Waals surface area contributed by atoms with E-state index in [4.69, 9.17) is 10.5 Å². The summed E-state index contributed by atoms with van der Waals surface area (Å²) >= 11 is 0. The van der Waals surface area contributed by atoms with Crippen LogP contribution in [0.5, 0.6) is 5.75 Å². The lowest BCUT2D eigenvalue weighted by Gasteiger charge is -2.23. The Morgan fingerprint density at radius 1 is 1.21 bits per heavy atom. The summed E-state index contributed by atoms with van der Waals surface area (Å²) in [7, 11) is 0. The molecule has 0 saturated carbocycles. The van der Waals surface area contributed by atoms with Gasteiger partial charge in [-0.05, 0) is 29.2 Å². The average Bonchev–Trinajstić information content (AvgIpc) is 2.66. The SMILES string of the molecule is CC(C)(C)c1ccccc1OCC(O)CNCCNc1ccc(C(N)=O)cn1. The van der Waals surface area contributed by atoms with Crippen molar-refractivity contribution in [3.63, 3.8) is 0 Å². The van der Waals surface area contributed by atoms with Gasteiger partial charge in [-0.1, -0.05) is 39.0 Å². The fraction of sp³-hybridized carbons (Fsp3) is 0.429. The number of aromatic nitrogens is 1. The Kier molecular flexibility index (Phi) is 7.78. The number of carbonyl (C=O) groups is 1. The number of aliphatic hydroxyl groups excluding tert-OH is 1. The molecule has 0 bridgehead atoms. The smallest absolute Gasteiger partial charge is 0.250 e. The number of pyridine rings is 1. The van der Waals surface area contributed by atoms with Gasteiger partial charge < -0.3 is 26.2 Å². The normalized spacial score (nSPS) is 12.4. The third-order valence-corrected chi connectivity index (χ3v) is 4.16. The molecule has 28 heavy (non-hydrogen) atoms. The molecule has 7 heteroatoms. The Balaban J connectivity index is 1.67. The minimum atomic E-state index is -0.610. The largest absolute Gasteiger partial charge is 0.491 e. The Morgan fingerprint density at radius 2 is 1.96 bits per heavy atom. The van der Waals surface area contributed by atoms with E-state index in [-0.39, 0.29) is 12.0 Å². The van der Waals surface area contributed by atoms with Crippen molar-refractivity contribution in [2.45, 2.75) is 32.3 Å². The zero-order valence-electron chi connectivity index (χ0n) is 16.7. The Bertz CT molecular complexity index is 757. The lowest BCUT2D eigenvalue weighted by Crippen LogP contribution is -2.34. The number of para-hydroxylation sites is 1. The van der Waals surface area contributed by atoms with Crippen molar-refractivity contribution in [2.75, 3.05) is 31.6 Å². The number of primary amides is 1. The van der Waals surface area contributed by atoms with Crippen LogP contribution in [0.1, 0.15) is 36.7 Å². The molecule has 5 N–H and O–H groups in total. The highest BCUT2D eigenvalue weighted by atomic mass is 16.5. The summed E-state index contributed by atoms with van der Waals surface area (Å²) < 4.78 is 5.83. The maximum Gasteiger partial charge on any atom is 0.250 e. The highest BCUT2D eigenvalue weighted by molar-refractivity contribution is 5.92. The summed E-state index contributed by atoms with van der Waals surface area (Å²) in [5.74, 6) is 0.970. The zero-order chi connectivity index (χ0) is 20.6. The molecule has 0 fully saturated rings. The molecule has 1 heterocycles. The molecular weight excluding hydrogens is 356 g/mol. The fourth-order valence-corrected chi connectivity index (χ4v) is 2.65. The molecule has 0 aliphatic carbocycles. The molecule has 1 aromatic heterocycles. The van der Waals surface area contributed by atoms with E-state index < -0.39 is 12.0 Å². The zero-order valence-corrected chi connectivity index (χ0v) is 16.7. The fourth-order valence-electron chi connectivity index (χ4n) is 2.65. The van der Waals surface area contributed by atoms with Gasteiger partial charge in [0.15, 0.2) is 0 Å². The number of aliphatic hydroxyl groups is 1. The second-order valence-corrected chi connectivity index (χ2v) is 7.64. The van der Waals surface area contributed by atoms with Crippen LogP contribution in [-0.2, 0) is 5.41 Å². The van der Waals surface area contributed by atoms with E-state index in [9.17, 15) is 9.90 Å². The Hall–Kier alpha value is -2.64. The number of nitrogens with zero attached hydrogens (tertiary/aromatic N) is 1. The third-order valence-electron chi connectivity index (χ3n) is 4.16. The summed E-state index contributed by atoms with van der Waals surface area (Å²) in [6.45, 7) is 8.33. The van der Waals surface area contributed by atoms with Gasteiger partial charge in [0, 0.05) is 25.8 Å². The maximum absolute atomic E-state index is 11.0. The third kappa shape index (κ3) is 6.83. The second kappa shape index (κ2) is 10.1. The van der Waals surface area contributed by atoms with Crippen molar-refractivity contribution < 1.29 is 14.6 Å². The number of ether oxygens (including phenoxy) is 1. The van der Waals surface area contributed by atoms with Gasteiger partial charge in [-0.3, -0.25) is 4.79 Å². The van der Waals surface area contributed by atoms with E-state index in [0.29, 0.717) is 31.0 Å². The molecule has 0 spiro atoms. The number of nitrogens with one attached hydrogen (secondary N) is 2. The second-order valence-electron chi connectivity index (χ2n) is 7.64. The summed E-state index contributed by atoms with van der Waals surface area (Å²) in [6.07, 6.45) is 0.829. The molecular formula is C21H30N4O3. The molecule has 1 aromatic carbocycles. The number of hydrogen-bond acceptors (Lipinski definition) is 6. The topological polar surface area (TPSA) is 110 Å². The van der Waals surface area contributed by atoms with Gasteiger partial charge in [0.2, 0.25) is 5.91 Å². The van der Waals surface area contributed by atoms with Crippen LogP contribution in [0.2, 0.25) is 0 Å². The summed E-state index contributed by atoms with van der Waals surface area (Å²) in [6, 6.07) is 11.2. The van der Waals surface area contributed by atoms with E-state index in [1.807, 2.05) is 18.2 Å². The van der Waals surface area contributed by atoms with Gasteiger partial charge in [0.1, 0.15) is 24.3 Å². The van der Waals surface area contributed by atoms with E-state index >= 15 is 0 Å². The lowest BCUT2D eigenvalue weighted by molar-refractivity contribution is 0.1000. The number of anilines is 1. The molecule has 1 amide bonds. The van der Waals surface area contributed by atoms with E-state index in [2.05, 4.69) is 42.5 Å². The van der Waals surface area contributed by atoms with Crippen LogP contribution in [0.15, 0.2) is 42.6 Å². The number of carbonyl (C=O) groups excluding carboxylic acids is 1. The van der Waals surface area contributed by atoms with E-state index in [0.717, 1.165) is 11.3 Å². The molecule has 1 unspecified atom stereocenters. The minimum Gasteiger partial charge on any atom is -0.491 e. The number of benzene rings is 1. The number of hydrogen-bond donors (Lipinski definition) is 4. The van der Waals surface area contributed by atoms with Crippen LogP contribution in [0, 0.1) is 0 Å². The summed E-state index contributed by atoms with van der Waals surface area (Å²) in [4.78, 5) is 15.1. The van der Waals surface area contributed by atoms with E-state index in [1.165, 1.54) is 6.20 Å². The van der Waals surface area contributed by atoms with Gasteiger partial charge in [0.05, 0.1) is 5.56 Å². The van der Waals surface area contributed by atoms with Crippen molar-refractivity contribution >= 4 is 11.7 Å². The van der Waals surface area contributed by atoms with E-state index in [1.54, 1.807) is 12.1 Å². The van der Waals surface area contributed by atoms with Crippen molar-refractivity contribution in [1.82, 2.24) is 10.3 Å². The Morgan fingerprint density at radius 3 is 2.61 bits per heavy atom. The Labute approximate surface area is 166 Å². The summed E-state index contributed by atoms with van der Waals surface area (Å²) in [5.41, 5.74) is 6.66. The van der Waals surface area contributed by atoms with Crippen LogP contribution in [0.3, 0.4) is 0 Å². The van der Waals surface area contributed by atoms with Crippen molar-refractivity contribution in [3.05, 3.63) is 53.7 Å². The van der Waals surface area contributed by atoms with Crippen LogP contribution in [0.25, 0.3) is 0 Å². The van der Waals surface area contributed by atoms with Gasteiger partial charge in [0.25, 0.3) is 0 Å². The maximum atomic E-state index is 11.0. The first-order valence-corrected chi connectivity index (χ1v) is 9.38. The molecule has 0 aliphatic rings. The van der Waals surface area contributed by atoms with Crippen molar-refractivity contribution in [3.8, 4) is 5.75 Å². The van der Waals surface area contributed by atoms with Crippen LogP contribution < -0.4 is 21.1 Å². The van der Waals surface area contributed by atoms with Gasteiger partial charge in [-0.2, -0.15) is 0 Å². The minimum absolute atomic E-state index is 0.0187. The number of nitrogens with two attached hydrogens (primary N) is 1. The quantitative estimate of drug-likeness (QED) is 0.465. The number of rotatable bonds is 10. The molecule has 0 saturated heterocycles. The first kappa shape index (κ1) is 21.7. The molecule has 0 radical (unpaired) electrons. The monoisotopic (exact) mass is 386 g/mol. The van der Waals surface area contributed by atoms with Crippen LogP contribution >= 0.6 is 0 Å². The molecule has 2 aromatic rings. The predicted molar refractivity (Wildman–Crippen MR) is 111 cm³/mol. The number of amides is 1. The lowest BCUT2D eigenvalue weighted by atomic mass is 9.86. The van der Waals surface area contributed by atoms with Crippen molar-refractivity contribution in [1.29, 1.82) is 0 Å². The standard InChI is InChI=1S/C21H30N4O3/c1-21(2,3)17-6-4-5-7-18(17)28-14-16(26)13-23-10-11-24-19-9-8-15(12-25-19)20(22)27/h4-9,12,16,23,26H,10-11,13-14H2,1-3H3,(H2,22,27)(H,24,25). The molecule has 7 nitrogen and oxygen atoms in total. The van der Waals surface area contributed by atoms with Crippen molar-refractivity contribution in [2.24, 2.45) is 5.73 Å².